The Morgan fingerprint density at radius 2 is 2.04 bits per heavy atom. The normalized spacial score (nSPS) is 14.5. The highest BCUT2D eigenvalue weighted by molar-refractivity contribution is 5.78. The van der Waals surface area contributed by atoms with Crippen molar-refractivity contribution in [3.05, 3.63) is 29.3 Å². The molecule has 144 valence electrons. The van der Waals surface area contributed by atoms with Crippen LogP contribution in [0.5, 0.6) is 5.75 Å². The van der Waals surface area contributed by atoms with Crippen molar-refractivity contribution in [1.29, 1.82) is 0 Å². The first kappa shape index (κ1) is 20.1. The fraction of sp³-hybridized carbons (Fsp3) is 0.600. The van der Waals surface area contributed by atoms with Crippen LogP contribution in [0.2, 0.25) is 0 Å². The molecule has 1 aliphatic heterocycles. The number of rotatable bonds is 7. The number of amides is 3. The van der Waals surface area contributed by atoms with Crippen LogP contribution < -0.4 is 15.4 Å². The molecule has 0 saturated carbocycles. The van der Waals surface area contributed by atoms with E-state index in [1.807, 2.05) is 17.0 Å². The number of likely N-dealkylation sites (tertiary alicyclic amines) is 1. The fourth-order valence-electron chi connectivity index (χ4n) is 3.01. The van der Waals surface area contributed by atoms with E-state index in [0.717, 1.165) is 30.7 Å². The topological polar surface area (TPSA) is 70.7 Å². The second-order valence-corrected chi connectivity index (χ2v) is 7.81. The van der Waals surface area contributed by atoms with Crippen molar-refractivity contribution < 1.29 is 14.3 Å². The number of ether oxygens (including phenoxy) is 1. The third-order valence-corrected chi connectivity index (χ3v) is 4.47. The monoisotopic (exact) mass is 361 g/mol. The molecular formula is C20H31N3O3. The van der Waals surface area contributed by atoms with Crippen LogP contribution in [0.15, 0.2) is 18.2 Å². The molecule has 0 bridgehead atoms. The Bertz CT molecular complexity index is 638. The van der Waals surface area contributed by atoms with Crippen molar-refractivity contribution in [1.82, 2.24) is 15.5 Å². The summed E-state index contributed by atoms with van der Waals surface area (Å²) < 4.78 is 5.77. The summed E-state index contributed by atoms with van der Waals surface area (Å²) >= 11 is 0. The highest BCUT2D eigenvalue weighted by Gasteiger charge is 2.20. The number of benzene rings is 1. The molecule has 0 spiro atoms. The largest absolute Gasteiger partial charge is 0.473 e. The summed E-state index contributed by atoms with van der Waals surface area (Å²) in [7, 11) is 0. The van der Waals surface area contributed by atoms with Crippen LogP contribution in [-0.4, -0.2) is 43.2 Å². The Kier molecular flexibility index (Phi) is 6.89. The molecule has 0 radical (unpaired) electrons. The average molecular weight is 361 g/mol. The molecule has 26 heavy (non-hydrogen) atoms. The predicted molar refractivity (Wildman–Crippen MR) is 102 cm³/mol. The van der Waals surface area contributed by atoms with Gasteiger partial charge in [-0.3, -0.25) is 4.79 Å². The fourth-order valence-corrected chi connectivity index (χ4v) is 3.01. The molecule has 1 heterocycles. The summed E-state index contributed by atoms with van der Waals surface area (Å²) in [6, 6.07) is 5.81. The number of urea groups is 1. The molecule has 1 aromatic carbocycles. The van der Waals surface area contributed by atoms with Crippen LogP contribution in [-0.2, 0) is 10.2 Å². The van der Waals surface area contributed by atoms with Crippen molar-refractivity contribution in [2.24, 2.45) is 0 Å². The van der Waals surface area contributed by atoms with E-state index in [-0.39, 0.29) is 24.1 Å². The maximum Gasteiger partial charge on any atom is 0.317 e. The van der Waals surface area contributed by atoms with Gasteiger partial charge in [0.15, 0.2) is 6.73 Å². The summed E-state index contributed by atoms with van der Waals surface area (Å²) in [5.41, 5.74) is 2.27. The molecule has 1 fully saturated rings. The van der Waals surface area contributed by atoms with Crippen molar-refractivity contribution in [2.75, 3.05) is 26.4 Å². The number of hydrogen-bond acceptors (Lipinski definition) is 3. The van der Waals surface area contributed by atoms with Crippen LogP contribution in [0.1, 0.15) is 51.2 Å². The van der Waals surface area contributed by atoms with Gasteiger partial charge >= 0.3 is 6.03 Å². The number of nitrogens with one attached hydrogen (secondary N) is 2. The Morgan fingerprint density at radius 1 is 1.27 bits per heavy atom. The molecule has 2 N–H and O–H groups in total. The van der Waals surface area contributed by atoms with E-state index in [4.69, 9.17) is 4.74 Å². The first-order valence-electron chi connectivity index (χ1n) is 9.31. The maximum atomic E-state index is 11.8. The minimum Gasteiger partial charge on any atom is -0.473 e. The van der Waals surface area contributed by atoms with E-state index >= 15 is 0 Å². The van der Waals surface area contributed by atoms with E-state index in [1.165, 1.54) is 5.56 Å². The zero-order valence-electron chi connectivity index (χ0n) is 16.4. The predicted octanol–water partition coefficient (Wildman–Crippen LogP) is 2.94. The lowest BCUT2D eigenvalue weighted by atomic mass is 9.85. The molecule has 3 amide bonds. The maximum absolute atomic E-state index is 11.8. The van der Waals surface area contributed by atoms with E-state index < -0.39 is 0 Å². The third kappa shape index (κ3) is 5.93. The SMILES string of the molecule is Cc1ccc(OCNC(=O)NCCCN2CCCC2=O)c(C(C)(C)C)c1. The quantitative estimate of drug-likeness (QED) is 0.579. The van der Waals surface area contributed by atoms with Crippen LogP contribution in [0.4, 0.5) is 4.79 Å². The number of carbonyl (C=O) groups is 2. The first-order valence-corrected chi connectivity index (χ1v) is 9.31. The van der Waals surface area contributed by atoms with Gasteiger partial charge in [-0.25, -0.2) is 4.79 Å². The molecule has 0 aromatic heterocycles. The molecule has 0 atom stereocenters. The summed E-state index contributed by atoms with van der Waals surface area (Å²) in [4.78, 5) is 25.2. The Hall–Kier alpha value is -2.24. The van der Waals surface area contributed by atoms with Gasteiger partial charge < -0.3 is 20.3 Å². The minimum atomic E-state index is -0.262. The molecule has 2 rings (SSSR count). The summed E-state index contributed by atoms with van der Waals surface area (Å²) in [5, 5.41) is 5.50. The molecule has 1 aromatic rings. The smallest absolute Gasteiger partial charge is 0.317 e. The van der Waals surface area contributed by atoms with Gasteiger partial charge in [0.1, 0.15) is 5.75 Å². The lowest BCUT2D eigenvalue weighted by Crippen LogP contribution is -2.39. The van der Waals surface area contributed by atoms with Gasteiger partial charge in [-0.1, -0.05) is 38.5 Å². The second-order valence-electron chi connectivity index (χ2n) is 7.81. The van der Waals surface area contributed by atoms with Gasteiger partial charge in [0.2, 0.25) is 5.91 Å². The Balaban J connectivity index is 1.69. The zero-order valence-corrected chi connectivity index (χ0v) is 16.4. The van der Waals surface area contributed by atoms with E-state index in [2.05, 4.69) is 44.4 Å². The molecule has 6 heteroatoms. The van der Waals surface area contributed by atoms with Crippen molar-refractivity contribution in [3.63, 3.8) is 0 Å². The van der Waals surface area contributed by atoms with Crippen molar-refractivity contribution in [2.45, 2.75) is 52.4 Å². The summed E-state index contributed by atoms with van der Waals surface area (Å²) in [6.07, 6.45) is 2.35. The lowest BCUT2D eigenvalue weighted by molar-refractivity contribution is -0.127. The highest BCUT2D eigenvalue weighted by atomic mass is 16.5. The van der Waals surface area contributed by atoms with E-state index in [0.29, 0.717) is 19.5 Å². The van der Waals surface area contributed by atoms with Gasteiger partial charge in [0.05, 0.1) is 0 Å². The molecule has 6 nitrogen and oxygen atoms in total. The van der Waals surface area contributed by atoms with Gasteiger partial charge in [-0.05, 0) is 36.8 Å². The zero-order chi connectivity index (χ0) is 19.2. The molecular weight excluding hydrogens is 330 g/mol. The van der Waals surface area contributed by atoms with Crippen LogP contribution >= 0.6 is 0 Å². The number of nitrogens with zero attached hydrogens (tertiary/aromatic N) is 1. The minimum absolute atomic E-state index is 0.0311. The van der Waals surface area contributed by atoms with Crippen LogP contribution in [0, 0.1) is 6.92 Å². The summed E-state index contributed by atoms with van der Waals surface area (Å²) in [5.74, 6) is 1.01. The molecule has 1 saturated heterocycles. The average Bonchev–Trinajstić information content (AvgIpc) is 2.97. The number of hydrogen-bond donors (Lipinski definition) is 2. The number of carbonyl (C=O) groups excluding carboxylic acids is 2. The standard InChI is InChI=1S/C20H31N3O3/c1-15-8-9-17(16(13-15)20(2,3)4)26-14-22-19(25)21-10-6-12-23-11-5-7-18(23)24/h8-9,13H,5-7,10-12,14H2,1-4H3,(H2,21,22,25). The Morgan fingerprint density at radius 3 is 2.69 bits per heavy atom. The van der Waals surface area contributed by atoms with Crippen LogP contribution in [0.25, 0.3) is 0 Å². The van der Waals surface area contributed by atoms with Gasteiger partial charge in [0, 0.05) is 26.1 Å². The molecule has 0 unspecified atom stereocenters. The lowest BCUT2D eigenvalue weighted by Gasteiger charge is -2.23. The second kappa shape index (κ2) is 8.92. The van der Waals surface area contributed by atoms with E-state index in [1.54, 1.807) is 0 Å². The Labute approximate surface area is 156 Å². The van der Waals surface area contributed by atoms with Crippen molar-refractivity contribution >= 4 is 11.9 Å². The van der Waals surface area contributed by atoms with Gasteiger partial charge in [-0.2, -0.15) is 0 Å². The van der Waals surface area contributed by atoms with E-state index in [9.17, 15) is 9.59 Å². The van der Waals surface area contributed by atoms with Crippen LogP contribution in [0.3, 0.4) is 0 Å². The van der Waals surface area contributed by atoms with Gasteiger partial charge in [-0.15, -0.1) is 0 Å². The first-order chi connectivity index (χ1) is 12.3. The molecule has 0 aliphatic carbocycles. The third-order valence-electron chi connectivity index (χ3n) is 4.47. The van der Waals surface area contributed by atoms with Gasteiger partial charge in [0.25, 0.3) is 0 Å². The van der Waals surface area contributed by atoms with Crippen molar-refractivity contribution in [3.8, 4) is 5.75 Å². The highest BCUT2D eigenvalue weighted by Crippen LogP contribution is 2.31. The summed E-state index contributed by atoms with van der Waals surface area (Å²) in [6.45, 7) is 10.7. The number of aryl methyl sites for hydroxylation is 1. The molecule has 1 aliphatic rings.